The van der Waals surface area contributed by atoms with Gasteiger partial charge in [0.25, 0.3) is 0 Å². The Morgan fingerprint density at radius 1 is 0.647 bits per heavy atom. The maximum atomic E-state index is 9.55. The summed E-state index contributed by atoms with van der Waals surface area (Å²) in [4.78, 5) is 2.22. The number of hydrogen-bond donors (Lipinski definition) is 0. The van der Waals surface area contributed by atoms with Gasteiger partial charge in [0.1, 0.15) is 17.7 Å². The van der Waals surface area contributed by atoms with Crippen LogP contribution in [0.25, 0.3) is 11.6 Å². The molecule has 0 radical (unpaired) electrons. The molecule has 4 aromatic carbocycles. The van der Waals surface area contributed by atoms with Crippen LogP contribution in [0.3, 0.4) is 0 Å². The SMILES string of the molecule is N#CC(C#N)=C1/C(=C/c2ccc(N(c3ccccc3)c3ccccc3)cc2)Cc2ccccc21. The van der Waals surface area contributed by atoms with E-state index in [1.807, 2.05) is 54.6 Å². The first-order valence-corrected chi connectivity index (χ1v) is 11.1. The van der Waals surface area contributed by atoms with Gasteiger partial charge in [0.15, 0.2) is 0 Å². The number of para-hydroxylation sites is 2. The molecule has 1 aliphatic carbocycles. The first-order valence-electron chi connectivity index (χ1n) is 11.1. The van der Waals surface area contributed by atoms with Gasteiger partial charge in [-0.1, -0.05) is 78.9 Å². The summed E-state index contributed by atoms with van der Waals surface area (Å²) >= 11 is 0. The minimum Gasteiger partial charge on any atom is -0.311 e. The summed E-state index contributed by atoms with van der Waals surface area (Å²) in [7, 11) is 0. The zero-order chi connectivity index (χ0) is 23.3. The third-order valence-electron chi connectivity index (χ3n) is 5.98. The average molecular weight is 436 g/mol. The maximum absolute atomic E-state index is 9.55. The van der Waals surface area contributed by atoms with Crippen molar-refractivity contribution in [3.8, 4) is 12.1 Å². The predicted molar refractivity (Wildman–Crippen MR) is 137 cm³/mol. The number of nitriles is 2. The Kier molecular flexibility index (Phi) is 5.76. The second-order valence-electron chi connectivity index (χ2n) is 8.08. The molecule has 0 atom stereocenters. The first-order chi connectivity index (χ1) is 16.8. The minimum atomic E-state index is 0.159. The number of nitrogens with zero attached hydrogens (tertiary/aromatic N) is 3. The second-order valence-corrected chi connectivity index (χ2v) is 8.08. The van der Waals surface area contributed by atoms with Crippen molar-refractivity contribution in [3.05, 3.63) is 137 Å². The molecule has 0 saturated carbocycles. The van der Waals surface area contributed by atoms with Gasteiger partial charge in [-0.05, 0) is 65.1 Å². The van der Waals surface area contributed by atoms with Gasteiger partial charge in [-0.3, -0.25) is 0 Å². The fraction of sp³-hybridized carbons (Fsp3) is 0.0323. The van der Waals surface area contributed by atoms with Gasteiger partial charge in [-0.25, -0.2) is 0 Å². The number of fused-ring (bicyclic) bond motifs is 1. The van der Waals surface area contributed by atoms with Crippen molar-refractivity contribution in [1.29, 1.82) is 10.5 Å². The molecule has 0 aromatic heterocycles. The third-order valence-corrected chi connectivity index (χ3v) is 5.98. The van der Waals surface area contributed by atoms with Gasteiger partial charge < -0.3 is 4.90 Å². The smallest absolute Gasteiger partial charge is 0.137 e. The number of hydrogen-bond acceptors (Lipinski definition) is 3. The van der Waals surface area contributed by atoms with E-state index >= 15 is 0 Å². The summed E-state index contributed by atoms with van der Waals surface area (Å²) in [5.74, 6) is 0. The molecule has 0 unspecified atom stereocenters. The minimum absolute atomic E-state index is 0.159. The zero-order valence-corrected chi connectivity index (χ0v) is 18.5. The van der Waals surface area contributed by atoms with Crippen LogP contribution in [-0.4, -0.2) is 0 Å². The monoisotopic (exact) mass is 435 g/mol. The quantitative estimate of drug-likeness (QED) is 0.310. The highest BCUT2D eigenvalue weighted by atomic mass is 15.1. The highest BCUT2D eigenvalue weighted by molar-refractivity contribution is 5.95. The summed E-state index contributed by atoms with van der Waals surface area (Å²) in [6, 6.07) is 41.1. The van der Waals surface area contributed by atoms with Gasteiger partial charge >= 0.3 is 0 Å². The van der Waals surface area contributed by atoms with Crippen LogP contribution >= 0.6 is 0 Å². The number of allylic oxidation sites excluding steroid dienone is 3. The molecular formula is C31H21N3. The van der Waals surface area contributed by atoms with Gasteiger partial charge in [-0.2, -0.15) is 10.5 Å². The van der Waals surface area contributed by atoms with E-state index in [9.17, 15) is 10.5 Å². The van der Waals surface area contributed by atoms with E-state index in [0.29, 0.717) is 6.42 Å². The van der Waals surface area contributed by atoms with Crippen molar-refractivity contribution in [2.75, 3.05) is 4.90 Å². The highest BCUT2D eigenvalue weighted by Gasteiger charge is 2.24. The molecule has 1 aliphatic rings. The molecule has 5 rings (SSSR count). The highest BCUT2D eigenvalue weighted by Crippen LogP contribution is 2.40. The first kappa shape index (κ1) is 21.0. The van der Waals surface area contributed by atoms with Crippen molar-refractivity contribution >= 4 is 28.7 Å². The Balaban J connectivity index is 1.54. The van der Waals surface area contributed by atoms with Crippen molar-refractivity contribution in [3.63, 3.8) is 0 Å². The van der Waals surface area contributed by atoms with Gasteiger partial charge in [0, 0.05) is 22.6 Å². The second kappa shape index (κ2) is 9.33. The van der Waals surface area contributed by atoms with Crippen LogP contribution in [0.2, 0.25) is 0 Å². The molecule has 0 heterocycles. The Hall–Kier alpha value is -4.86. The lowest BCUT2D eigenvalue weighted by Crippen LogP contribution is -2.09. The zero-order valence-electron chi connectivity index (χ0n) is 18.5. The van der Waals surface area contributed by atoms with Crippen molar-refractivity contribution in [2.24, 2.45) is 0 Å². The van der Waals surface area contributed by atoms with Gasteiger partial charge in [0.2, 0.25) is 0 Å². The van der Waals surface area contributed by atoms with Crippen LogP contribution in [0.1, 0.15) is 16.7 Å². The fourth-order valence-corrected chi connectivity index (χ4v) is 4.46. The molecule has 0 bridgehead atoms. The molecular weight excluding hydrogens is 414 g/mol. The Morgan fingerprint density at radius 3 is 1.76 bits per heavy atom. The van der Waals surface area contributed by atoms with E-state index in [2.05, 4.69) is 77.7 Å². The molecule has 0 saturated heterocycles. The Labute approximate surface area is 199 Å². The molecule has 160 valence electrons. The molecule has 4 aromatic rings. The van der Waals surface area contributed by atoms with Crippen molar-refractivity contribution in [1.82, 2.24) is 0 Å². The average Bonchev–Trinajstić information content (AvgIpc) is 3.25. The molecule has 0 aliphatic heterocycles. The van der Waals surface area contributed by atoms with Crippen molar-refractivity contribution < 1.29 is 0 Å². The van der Waals surface area contributed by atoms with E-state index in [0.717, 1.165) is 44.9 Å². The van der Waals surface area contributed by atoms with E-state index in [1.54, 1.807) is 0 Å². The third kappa shape index (κ3) is 3.99. The summed E-state index contributed by atoms with van der Waals surface area (Å²) in [5.41, 5.74) is 8.28. The number of benzene rings is 4. The van der Waals surface area contributed by atoms with Crippen LogP contribution in [0, 0.1) is 22.7 Å². The summed E-state index contributed by atoms with van der Waals surface area (Å²) < 4.78 is 0. The van der Waals surface area contributed by atoms with Gasteiger partial charge in [0.05, 0.1) is 0 Å². The molecule has 3 heteroatoms. The van der Waals surface area contributed by atoms with Crippen molar-refractivity contribution in [2.45, 2.75) is 6.42 Å². The molecule has 34 heavy (non-hydrogen) atoms. The van der Waals surface area contributed by atoms with E-state index in [4.69, 9.17) is 0 Å². The molecule has 0 N–H and O–H groups in total. The molecule has 3 nitrogen and oxygen atoms in total. The lowest BCUT2D eigenvalue weighted by Gasteiger charge is -2.25. The van der Waals surface area contributed by atoms with E-state index in [-0.39, 0.29) is 5.57 Å². The van der Waals surface area contributed by atoms with Crippen LogP contribution in [-0.2, 0) is 6.42 Å². The molecule has 0 spiro atoms. The van der Waals surface area contributed by atoms with Crippen LogP contribution < -0.4 is 4.90 Å². The number of rotatable bonds is 4. The maximum Gasteiger partial charge on any atom is 0.137 e. The Morgan fingerprint density at radius 2 is 1.18 bits per heavy atom. The fourth-order valence-electron chi connectivity index (χ4n) is 4.46. The summed E-state index contributed by atoms with van der Waals surface area (Å²) in [5, 5.41) is 19.1. The summed E-state index contributed by atoms with van der Waals surface area (Å²) in [6.45, 7) is 0. The Bertz CT molecular complexity index is 1410. The predicted octanol–water partition coefficient (Wildman–Crippen LogP) is 7.60. The van der Waals surface area contributed by atoms with Crippen LogP contribution in [0.5, 0.6) is 0 Å². The largest absolute Gasteiger partial charge is 0.311 e. The normalized spacial score (nSPS) is 13.1. The van der Waals surface area contributed by atoms with Crippen LogP contribution in [0.4, 0.5) is 17.1 Å². The van der Waals surface area contributed by atoms with Crippen LogP contribution in [0.15, 0.2) is 120 Å². The topological polar surface area (TPSA) is 50.8 Å². The standard InChI is InChI=1S/C31H21N3/c32-21-26(22-33)31-25(20-24-9-7-8-14-30(24)31)19-23-15-17-29(18-16-23)34(27-10-3-1-4-11-27)28-12-5-2-6-13-28/h1-19H,20H2/b25-19+. The van der Waals surface area contributed by atoms with Gasteiger partial charge in [-0.15, -0.1) is 0 Å². The lowest BCUT2D eigenvalue weighted by atomic mass is 9.98. The summed E-state index contributed by atoms with van der Waals surface area (Å²) in [6.07, 6.45) is 2.80. The van der Waals surface area contributed by atoms with E-state index < -0.39 is 0 Å². The van der Waals surface area contributed by atoms with E-state index in [1.165, 1.54) is 0 Å². The lowest BCUT2D eigenvalue weighted by molar-refractivity contribution is 1.27. The number of anilines is 3. The molecule has 0 amide bonds. The molecule has 0 fully saturated rings.